The summed E-state index contributed by atoms with van der Waals surface area (Å²) in [4.78, 5) is 27.7. The van der Waals surface area contributed by atoms with E-state index in [1.165, 1.54) is 24.0 Å². The molecule has 11 heteroatoms. The Kier molecular flexibility index (Phi) is 8.10. The van der Waals surface area contributed by atoms with Gasteiger partial charge in [0.15, 0.2) is 0 Å². The molecule has 38 heavy (non-hydrogen) atoms. The Labute approximate surface area is 221 Å². The lowest BCUT2D eigenvalue weighted by Crippen LogP contribution is -2.56. The van der Waals surface area contributed by atoms with E-state index in [2.05, 4.69) is 10.0 Å². The van der Waals surface area contributed by atoms with Gasteiger partial charge in [0.2, 0.25) is 21.8 Å². The number of benzene rings is 3. The molecule has 0 radical (unpaired) electrons. The minimum Gasteiger partial charge on any atom is -0.391 e. The lowest BCUT2D eigenvalue weighted by molar-refractivity contribution is -0.141. The van der Waals surface area contributed by atoms with Gasteiger partial charge in [0.25, 0.3) is 0 Å². The van der Waals surface area contributed by atoms with Crippen LogP contribution in [-0.4, -0.2) is 60.8 Å². The van der Waals surface area contributed by atoms with Crippen LogP contribution in [0.4, 0.5) is 0 Å². The topological polar surface area (TPSA) is 166 Å². The van der Waals surface area contributed by atoms with Gasteiger partial charge in [0.05, 0.1) is 11.0 Å². The first-order valence-corrected chi connectivity index (χ1v) is 13.8. The maximum absolute atomic E-state index is 13.4. The third kappa shape index (κ3) is 6.01. The third-order valence-corrected chi connectivity index (χ3v) is 8.07. The molecule has 6 N–H and O–H groups in total. The molecule has 10 nitrogen and oxygen atoms in total. The van der Waals surface area contributed by atoms with E-state index in [4.69, 9.17) is 11.1 Å². The van der Waals surface area contributed by atoms with Crippen molar-refractivity contribution in [2.75, 3.05) is 6.54 Å². The number of nitrogens with two attached hydrogens (primary N) is 1. The minimum atomic E-state index is -4.15. The molecule has 2 amide bonds. The van der Waals surface area contributed by atoms with Gasteiger partial charge in [-0.05, 0) is 48.2 Å². The number of likely N-dealkylation sites (tertiary alicyclic amines) is 1. The highest BCUT2D eigenvalue weighted by Crippen LogP contribution is 2.22. The van der Waals surface area contributed by atoms with Crippen molar-refractivity contribution in [3.63, 3.8) is 0 Å². The van der Waals surface area contributed by atoms with Crippen molar-refractivity contribution in [3.8, 4) is 0 Å². The van der Waals surface area contributed by atoms with E-state index in [0.29, 0.717) is 18.4 Å². The number of hydrogen-bond acceptors (Lipinski definition) is 6. The fraction of sp³-hybridized carbons (Fsp3) is 0.296. The molecule has 4 rings (SSSR count). The van der Waals surface area contributed by atoms with Gasteiger partial charge in [0, 0.05) is 18.7 Å². The van der Waals surface area contributed by atoms with E-state index in [0.717, 1.165) is 16.3 Å². The van der Waals surface area contributed by atoms with Crippen molar-refractivity contribution in [2.45, 2.75) is 49.4 Å². The predicted molar refractivity (Wildman–Crippen MR) is 144 cm³/mol. The number of amidine groups is 1. The van der Waals surface area contributed by atoms with Crippen molar-refractivity contribution >= 4 is 38.4 Å². The summed E-state index contributed by atoms with van der Waals surface area (Å²) in [6.45, 7) is 1.82. The summed E-state index contributed by atoms with van der Waals surface area (Å²) >= 11 is 0. The lowest BCUT2D eigenvalue weighted by Gasteiger charge is -2.30. The molecule has 0 bridgehead atoms. The average molecular weight is 538 g/mol. The van der Waals surface area contributed by atoms with Gasteiger partial charge in [-0.3, -0.25) is 15.0 Å². The Balaban J connectivity index is 1.46. The maximum Gasteiger partial charge on any atom is 0.244 e. The van der Waals surface area contributed by atoms with Crippen molar-refractivity contribution in [3.05, 3.63) is 77.9 Å². The molecular formula is C27H31N5O5S. The van der Waals surface area contributed by atoms with Gasteiger partial charge in [-0.25, -0.2) is 8.42 Å². The molecule has 1 fully saturated rings. The van der Waals surface area contributed by atoms with Crippen molar-refractivity contribution in [1.29, 1.82) is 5.41 Å². The molecular weight excluding hydrogens is 506 g/mol. The highest BCUT2D eigenvalue weighted by Gasteiger charge is 2.40. The van der Waals surface area contributed by atoms with E-state index in [1.54, 1.807) is 42.5 Å². The zero-order chi connectivity index (χ0) is 27.4. The minimum absolute atomic E-state index is 0.0267. The molecule has 200 valence electrons. The molecule has 3 aromatic rings. The van der Waals surface area contributed by atoms with E-state index < -0.39 is 34.1 Å². The molecule has 3 atom stereocenters. The second-order valence-electron chi connectivity index (χ2n) is 9.37. The first kappa shape index (κ1) is 27.2. The van der Waals surface area contributed by atoms with Gasteiger partial charge in [-0.2, -0.15) is 4.72 Å². The SMILES string of the molecule is C[C@@H](O)[C@H](NS(=O)(=O)c1ccc2ccccc2c1)C(=O)N1CCC[C@H]1C(=O)NCc1ccc(C(=N)N)cc1. The largest absolute Gasteiger partial charge is 0.391 e. The number of amides is 2. The van der Waals surface area contributed by atoms with Crippen LogP contribution in [0.5, 0.6) is 0 Å². The second kappa shape index (κ2) is 11.3. The van der Waals surface area contributed by atoms with Gasteiger partial charge in [-0.1, -0.05) is 54.6 Å². The Hall–Kier alpha value is -3.80. The van der Waals surface area contributed by atoms with Crippen LogP contribution >= 0.6 is 0 Å². The third-order valence-electron chi connectivity index (χ3n) is 6.63. The summed E-state index contributed by atoms with van der Waals surface area (Å²) in [5.41, 5.74) is 6.83. The number of nitrogens with zero attached hydrogens (tertiary/aromatic N) is 1. The van der Waals surface area contributed by atoms with Crippen LogP contribution in [0.3, 0.4) is 0 Å². The zero-order valence-corrected chi connectivity index (χ0v) is 21.7. The van der Waals surface area contributed by atoms with Crippen LogP contribution in [0.15, 0.2) is 71.6 Å². The van der Waals surface area contributed by atoms with E-state index >= 15 is 0 Å². The summed E-state index contributed by atoms with van der Waals surface area (Å²) in [5, 5.41) is 22.2. The molecule has 0 unspecified atom stereocenters. The number of hydrogen-bond donors (Lipinski definition) is 5. The average Bonchev–Trinajstić information content (AvgIpc) is 3.40. The summed E-state index contributed by atoms with van der Waals surface area (Å²) in [7, 11) is -4.15. The van der Waals surface area contributed by atoms with Crippen LogP contribution in [0, 0.1) is 5.41 Å². The Bertz CT molecular complexity index is 1460. The number of aliphatic hydroxyl groups excluding tert-OH is 1. The van der Waals surface area contributed by atoms with Gasteiger partial charge in [0.1, 0.15) is 17.9 Å². The summed E-state index contributed by atoms with van der Waals surface area (Å²) < 4.78 is 28.7. The van der Waals surface area contributed by atoms with Crippen molar-refractivity contribution < 1.29 is 23.1 Å². The van der Waals surface area contributed by atoms with E-state index in [9.17, 15) is 23.1 Å². The van der Waals surface area contributed by atoms with Crippen molar-refractivity contribution in [1.82, 2.24) is 14.9 Å². The number of sulfonamides is 1. The Morgan fingerprint density at radius 1 is 1.11 bits per heavy atom. The number of nitrogens with one attached hydrogen (secondary N) is 3. The molecule has 0 aromatic heterocycles. The number of carbonyl (C=O) groups excluding carboxylic acids is 2. The molecule has 1 aliphatic heterocycles. The van der Waals surface area contributed by atoms with Crippen LogP contribution in [0.2, 0.25) is 0 Å². The fourth-order valence-electron chi connectivity index (χ4n) is 4.52. The zero-order valence-electron chi connectivity index (χ0n) is 20.9. The summed E-state index contributed by atoms with van der Waals surface area (Å²) in [6, 6.07) is 16.6. The van der Waals surface area contributed by atoms with Crippen LogP contribution < -0.4 is 15.8 Å². The number of rotatable bonds is 9. The summed E-state index contributed by atoms with van der Waals surface area (Å²) in [6.07, 6.45) is -0.340. The maximum atomic E-state index is 13.4. The number of carbonyl (C=O) groups is 2. The second-order valence-corrected chi connectivity index (χ2v) is 11.1. The van der Waals surface area contributed by atoms with Crippen LogP contribution in [-0.2, 0) is 26.2 Å². The standard InChI is InChI=1S/C27H31N5O5S/c1-17(33)24(31-38(36,37)22-13-12-19-5-2-3-6-21(19)15-22)27(35)32-14-4-7-23(32)26(34)30-16-18-8-10-20(11-9-18)25(28)29/h2-3,5-6,8-13,15,17,23-24,31,33H,4,7,14,16H2,1H3,(H3,28,29)(H,30,34)/t17-,23+,24+/m1/s1. The molecule has 1 heterocycles. The highest BCUT2D eigenvalue weighted by molar-refractivity contribution is 7.89. The van der Waals surface area contributed by atoms with Gasteiger partial charge in [-0.15, -0.1) is 0 Å². The molecule has 1 saturated heterocycles. The first-order chi connectivity index (χ1) is 18.1. The lowest BCUT2D eigenvalue weighted by atomic mass is 10.1. The quantitative estimate of drug-likeness (QED) is 0.205. The smallest absolute Gasteiger partial charge is 0.244 e. The number of aliphatic hydroxyl groups is 1. The van der Waals surface area contributed by atoms with E-state index in [1.807, 2.05) is 12.1 Å². The fourth-order valence-corrected chi connectivity index (χ4v) is 5.81. The molecule has 0 aliphatic carbocycles. The Morgan fingerprint density at radius 3 is 2.45 bits per heavy atom. The Morgan fingerprint density at radius 2 is 1.79 bits per heavy atom. The highest BCUT2D eigenvalue weighted by atomic mass is 32.2. The molecule has 0 saturated carbocycles. The van der Waals surface area contributed by atoms with Crippen LogP contribution in [0.1, 0.15) is 30.9 Å². The van der Waals surface area contributed by atoms with Gasteiger partial charge < -0.3 is 21.1 Å². The first-order valence-electron chi connectivity index (χ1n) is 12.3. The van der Waals surface area contributed by atoms with E-state index in [-0.39, 0.29) is 29.7 Å². The number of fused-ring (bicyclic) bond motifs is 1. The molecule has 0 spiro atoms. The molecule has 3 aromatic carbocycles. The van der Waals surface area contributed by atoms with Crippen LogP contribution in [0.25, 0.3) is 10.8 Å². The van der Waals surface area contributed by atoms with Crippen molar-refractivity contribution in [2.24, 2.45) is 5.73 Å². The number of nitrogen functional groups attached to an aromatic ring is 1. The summed E-state index contributed by atoms with van der Waals surface area (Å²) in [5.74, 6) is -1.08. The molecule has 1 aliphatic rings. The van der Waals surface area contributed by atoms with Gasteiger partial charge >= 0.3 is 0 Å². The monoisotopic (exact) mass is 537 g/mol. The predicted octanol–water partition coefficient (Wildman–Crippen LogP) is 1.46. The normalized spacial score (nSPS) is 17.2.